The number of carbonyl (C=O) groups is 1. The molecule has 0 saturated heterocycles. The first kappa shape index (κ1) is 23.5. The van der Waals surface area contributed by atoms with Crippen LogP contribution in [0.4, 0.5) is 0 Å². The highest BCUT2D eigenvalue weighted by Gasteiger charge is 2.24. The summed E-state index contributed by atoms with van der Waals surface area (Å²) < 4.78 is 24.7. The quantitative estimate of drug-likeness (QED) is 0.400. The normalized spacial score (nSPS) is 12.1. The minimum Gasteiger partial charge on any atom is -0.289 e. The number of hydrogen-bond donors (Lipinski definition) is 1. The largest absolute Gasteiger partial charge is 0.289 e. The Bertz CT molecular complexity index is 1270. The Kier molecular flexibility index (Phi) is 6.62. The van der Waals surface area contributed by atoms with Gasteiger partial charge in [0.1, 0.15) is 0 Å². The van der Waals surface area contributed by atoms with Gasteiger partial charge in [-0.05, 0) is 59.2 Å². The zero-order valence-electron chi connectivity index (χ0n) is 17.6. The predicted molar refractivity (Wildman–Crippen MR) is 126 cm³/mol. The van der Waals surface area contributed by atoms with E-state index in [4.69, 9.17) is 16.7 Å². The third-order valence-electron chi connectivity index (χ3n) is 4.87. The molecule has 0 radical (unpaired) electrons. The molecule has 1 aromatic heterocycles. The highest BCUT2D eigenvalue weighted by Crippen LogP contribution is 2.36. The summed E-state index contributed by atoms with van der Waals surface area (Å²) in [7, 11) is -4.03. The number of hydrogen-bond acceptors (Lipinski definition) is 5. The molecule has 0 spiro atoms. The van der Waals surface area contributed by atoms with Crippen molar-refractivity contribution in [2.45, 2.75) is 36.1 Å². The number of halogens is 1. The molecule has 0 amide bonds. The van der Waals surface area contributed by atoms with E-state index in [1.54, 1.807) is 48.7 Å². The van der Waals surface area contributed by atoms with Crippen molar-refractivity contribution in [2.24, 2.45) is 5.14 Å². The highest BCUT2D eigenvalue weighted by molar-refractivity contribution is 7.98. The number of aromatic nitrogens is 1. The summed E-state index contributed by atoms with van der Waals surface area (Å²) in [5, 5.41) is 6.58. The van der Waals surface area contributed by atoms with Gasteiger partial charge >= 0.3 is 0 Å². The molecule has 0 aliphatic rings. The van der Waals surface area contributed by atoms with Gasteiger partial charge in [-0.2, -0.15) is 0 Å². The van der Waals surface area contributed by atoms with Crippen molar-refractivity contribution < 1.29 is 13.2 Å². The summed E-state index contributed by atoms with van der Waals surface area (Å²) in [5.41, 5.74) is 2.23. The summed E-state index contributed by atoms with van der Waals surface area (Å²) in [6.45, 7) is 6.08. The van der Waals surface area contributed by atoms with Crippen LogP contribution < -0.4 is 5.14 Å². The third kappa shape index (κ3) is 5.18. The maximum absolute atomic E-state index is 13.4. The molecule has 0 aliphatic heterocycles. The van der Waals surface area contributed by atoms with E-state index in [1.165, 1.54) is 17.8 Å². The van der Waals surface area contributed by atoms with E-state index in [2.05, 4.69) is 4.98 Å². The fourth-order valence-electron chi connectivity index (χ4n) is 3.21. The monoisotopic (exact) mass is 474 g/mol. The molecule has 31 heavy (non-hydrogen) atoms. The number of rotatable bonds is 5. The summed E-state index contributed by atoms with van der Waals surface area (Å²) >= 11 is 7.64. The molecule has 3 rings (SSSR count). The van der Waals surface area contributed by atoms with Crippen LogP contribution in [-0.4, -0.2) is 25.4 Å². The van der Waals surface area contributed by atoms with E-state index in [-0.39, 0.29) is 16.1 Å². The van der Waals surface area contributed by atoms with Crippen molar-refractivity contribution in [1.82, 2.24) is 4.98 Å². The first-order valence-corrected chi connectivity index (χ1v) is 12.6. The number of pyridine rings is 1. The molecular formula is C23H23ClN2O3S2. The molecule has 0 bridgehead atoms. The maximum atomic E-state index is 13.4. The minimum absolute atomic E-state index is 0.0450. The van der Waals surface area contributed by atoms with Gasteiger partial charge in [0.05, 0.1) is 9.92 Å². The molecule has 5 nitrogen and oxygen atoms in total. The molecule has 8 heteroatoms. The second-order valence-corrected chi connectivity index (χ2v) is 10.9. The average molecular weight is 475 g/mol. The Balaban J connectivity index is 2.30. The van der Waals surface area contributed by atoms with Crippen molar-refractivity contribution in [2.75, 3.05) is 6.26 Å². The van der Waals surface area contributed by atoms with E-state index < -0.39 is 10.0 Å². The number of ketones is 1. The van der Waals surface area contributed by atoms with Gasteiger partial charge in [-0.1, -0.05) is 44.5 Å². The van der Waals surface area contributed by atoms with Crippen LogP contribution in [0.15, 0.2) is 64.6 Å². The Morgan fingerprint density at radius 3 is 2.35 bits per heavy atom. The molecule has 2 N–H and O–H groups in total. The van der Waals surface area contributed by atoms with E-state index in [0.29, 0.717) is 32.3 Å². The van der Waals surface area contributed by atoms with Crippen LogP contribution in [0.3, 0.4) is 0 Å². The topological polar surface area (TPSA) is 90.1 Å². The van der Waals surface area contributed by atoms with Crippen molar-refractivity contribution in [1.29, 1.82) is 0 Å². The standard InChI is InChI=1S/C23H23ClN2O3S2/c1-23(2,3)15-5-8-20(31(25,28)29)18(12-15)17-7-6-16(24)13-19(17)22(27)14-9-10-26-21(11-14)30-4/h5-13H,1-4H3,(H2,25,28,29). The zero-order valence-corrected chi connectivity index (χ0v) is 20.0. The van der Waals surface area contributed by atoms with Crippen LogP contribution in [-0.2, 0) is 15.4 Å². The SMILES string of the molecule is CSc1cc(C(=O)c2cc(Cl)ccc2-c2cc(C(C)(C)C)ccc2S(N)(=O)=O)ccn1. The molecule has 3 aromatic rings. The summed E-state index contributed by atoms with van der Waals surface area (Å²) in [6.07, 6.45) is 3.44. The van der Waals surface area contributed by atoms with Gasteiger partial charge in [0.15, 0.2) is 5.78 Å². The lowest BCUT2D eigenvalue weighted by molar-refractivity contribution is 0.103. The molecule has 0 aliphatic carbocycles. The Hall–Kier alpha value is -2.19. The number of benzene rings is 2. The molecule has 0 unspecified atom stereocenters. The van der Waals surface area contributed by atoms with Crippen LogP contribution in [0.1, 0.15) is 42.3 Å². The van der Waals surface area contributed by atoms with Gasteiger partial charge in [0, 0.05) is 27.9 Å². The number of sulfonamides is 1. The number of nitrogens with two attached hydrogens (primary N) is 1. The summed E-state index contributed by atoms with van der Waals surface area (Å²) in [6, 6.07) is 13.2. The number of carbonyl (C=O) groups excluding carboxylic acids is 1. The lowest BCUT2D eigenvalue weighted by Gasteiger charge is -2.22. The minimum atomic E-state index is -4.03. The molecule has 1 heterocycles. The first-order valence-electron chi connectivity index (χ1n) is 9.44. The lowest BCUT2D eigenvalue weighted by atomic mass is 9.84. The van der Waals surface area contributed by atoms with E-state index >= 15 is 0 Å². The third-order valence-corrected chi connectivity index (χ3v) is 6.72. The fraction of sp³-hybridized carbons (Fsp3) is 0.217. The molecule has 0 fully saturated rings. The van der Waals surface area contributed by atoms with Crippen LogP contribution in [0.2, 0.25) is 5.02 Å². The number of nitrogens with zero attached hydrogens (tertiary/aromatic N) is 1. The van der Waals surface area contributed by atoms with Crippen molar-refractivity contribution in [3.8, 4) is 11.1 Å². The van der Waals surface area contributed by atoms with Gasteiger partial charge in [0.2, 0.25) is 10.0 Å². The summed E-state index contributed by atoms with van der Waals surface area (Å²) in [4.78, 5) is 17.6. The smallest absolute Gasteiger partial charge is 0.238 e. The Morgan fingerprint density at radius 2 is 1.74 bits per heavy atom. The van der Waals surface area contributed by atoms with Crippen LogP contribution in [0.5, 0.6) is 0 Å². The highest BCUT2D eigenvalue weighted by atomic mass is 35.5. The number of thioether (sulfide) groups is 1. The predicted octanol–water partition coefficient (Wildman–Crippen LogP) is 5.30. The van der Waals surface area contributed by atoms with Crippen molar-refractivity contribution in [3.63, 3.8) is 0 Å². The maximum Gasteiger partial charge on any atom is 0.238 e. The molecule has 162 valence electrons. The summed E-state index contributed by atoms with van der Waals surface area (Å²) in [5.74, 6) is -0.281. The fourth-order valence-corrected chi connectivity index (χ4v) is 4.53. The Morgan fingerprint density at radius 1 is 1.03 bits per heavy atom. The second kappa shape index (κ2) is 8.74. The average Bonchev–Trinajstić information content (AvgIpc) is 2.71. The first-order chi connectivity index (χ1) is 14.4. The molecule has 2 aromatic carbocycles. The molecular weight excluding hydrogens is 452 g/mol. The van der Waals surface area contributed by atoms with Gasteiger partial charge < -0.3 is 0 Å². The Labute approximate surface area is 192 Å². The zero-order chi connectivity index (χ0) is 23.0. The number of primary sulfonamides is 1. The van der Waals surface area contributed by atoms with Gasteiger partial charge in [-0.25, -0.2) is 18.5 Å². The van der Waals surface area contributed by atoms with E-state index in [0.717, 1.165) is 5.56 Å². The lowest BCUT2D eigenvalue weighted by Crippen LogP contribution is -2.17. The molecule has 0 atom stereocenters. The van der Waals surface area contributed by atoms with Crippen molar-refractivity contribution in [3.05, 3.63) is 76.4 Å². The molecule has 0 saturated carbocycles. The van der Waals surface area contributed by atoms with Crippen LogP contribution in [0.25, 0.3) is 11.1 Å². The van der Waals surface area contributed by atoms with Gasteiger partial charge in [-0.15, -0.1) is 11.8 Å². The van der Waals surface area contributed by atoms with E-state index in [9.17, 15) is 13.2 Å². The van der Waals surface area contributed by atoms with Crippen molar-refractivity contribution >= 4 is 39.2 Å². The van der Waals surface area contributed by atoms with Crippen LogP contribution >= 0.6 is 23.4 Å². The van der Waals surface area contributed by atoms with Gasteiger partial charge in [0.25, 0.3) is 0 Å². The second-order valence-electron chi connectivity index (χ2n) is 8.11. The van der Waals surface area contributed by atoms with E-state index in [1.807, 2.05) is 27.0 Å². The van der Waals surface area contributed by atoms with Gasteiger partial charge in [-0.3, -0.25) is 4.79 Å². The van der Waals surface area contributed by atoms with Crippen LogP contribution in [0, 0.1) is 0 Å².